The number of hydrogen-bond acceptors (Lipinski definition) is 5. The smallest absolute Gasteiger partial charge is 0.355 e. The number of β-lactam (4-membered cyclic amide) rings is 1. The Balaban J connectivity index is 1.85. The number of nitrogens with one attached hydrogen (secondary N) is 1. The lowest BCUT2D eigenvalue weighted by Gasteiger charge is -2.44. The number of hydrogen-bond donors (Lipinski definition) is 1. The highest BCUT2D eigenvalue weighted by Crippen LogP contribution is 2.33. The largest absolute Gasteiger partial charge is 0.448 e. The van der Waals surface area contributed by atoms with Crippen LogP contribution in [0.2, 0.25) is 0 Å². The first-order valence-corrected chi connectivity index (χ1v) is 10.4. The summed E-state index contributed by atoms with van der Waals surface area (Å²) in [6, 6.07) is 17.4. The molecule has 7 nitrogen and oxygen atoms in total. The van der Waals surface area contributed by atoms with E-state index in [1.54, 1.807) is 13.8 Å². The number of allylic oxidation sites excluding steroid dienone is 1. The number of amides is 2. The van der Waals surface area contributed by atoms with E-state index in [0.717, 1.165) is 23.0 Å². The van der Waals surface area contributed by atoms with Gasteiger partial charge in [-0.15, -0.1) is 0 Å². The second kappa shape index (κ2) is 9.78. The van der Waals surface area contributed by atoms with Crippen molar-refractivity contribution in [2.24, 2.45) is 0 Å². The predicted octanol–water partition coefficient (Wildman–Crippen LogP) is 3.09. The Labute approximate surface area is 191 Å². The lowest BCUT2D eigenvalue weighted by Crippen LogP contribution is -2.69. The Hall–Kier alpha value is -3.45. The molecule has 8 heteroatoms. The first-order valence-electron chi connectivity index (χ1n) is 9.99. The summed E-state index contributed by atoms with van der Waals surface area (Å²) >= 11 is 6.32. The summed E-state index contributed by atoms with van der Waals surface area (Å²) < 4.78 is 5.86. The van der Waals surface area contributed by atoms with Crippen molar-refractivity contribution in [3.8, 4) is 0 Å². The average molecular weight is 455 g/mol. The van der Waals surface area contributed by atoms with Crippen LogP contribution in [0.3, 0.4) is 0 Å². The van der Waals surface area contributed by atoms with Crippen LogP contribution in [0.4, 0.5) is 0 Å². The molecule has 1 aliphatic heterocycles. The molecule has 1 fully saturated rings. The topological polar surface area (TPSA) is 92.8 Å². The third-order valence-corrected chi connectivity index (χ3v) is 5.42. The van der Waals surface area contributed by atoms with Crippen molar-refractivity contribution >= 4 is 35.2 Å². The quantitative estimate of drug-likeness (QED) is 0.173. The van der Waals surface area contributed by atoms with Gasteiger partial charge in [0.15, 0.2) is 6.10 Å². The molecule has 1 saturated heterocycles. The molecule has 166 valence electrons. The fraction of sp³-hybridized carbons (Fsp3) is 0.250. The Morgan fingerprint density at radius 3 is 1.84 bits per heavy atom. The van der Waals surface area contributed by atoms with Crippen molar-refractivity contribution in [3.63, 3.8) is 0 Å². The molecular weight excluding hydrogens is 432 g/mol. The summed E-state index contributed by atoms with van der Waals surface area (Å²) in [6.45, 7) is 4.41. The lowest BCUT2D eigenvalue weighted by atomic mass is 10.0. The van der Waals surface area contributed by atoms with E-state index in [4.69, 9.17) is 16.3 Å². The van der Waals surface area contributed by atoms with Gasteiger partial charge >= 0.3 is 5.97 Å². The molecule has 1 heterocycles. The van der Waals surface area contributed by atoms with E-state index in [0.29, 0.717) is 5.57 Å². The van der Waals surface area contributed by atoms with Crippen molar-refractivity contribution in [1.82, 2.24) is 10.2 Å². The molecule has 1 N–H and O–H groups in total. The Morgan fingerprint density at radius 1 is 0.938 bits per heavy atom. The first-order chi connectivity index (χ1) is 15.2. The Bertz CT molecular complexity index is 1020. The van der Waals surface area contributed by atoms with Gasteiger partial charge in [0.2, 0.25) is 5.78 Å². The van der Waals surface area contributed by atoms with Gasteiger partial charge in [0.25, 0.3) is 11.8 Å². The molecule has 0 unspecified atom stereocenters. The maximum atomic E-state index is 13.2. The van der Waals surface area contributed by atoms with Gasteiger partial charge in [0, 0.05) is 6.92 Å². The molecule has 0 radical (unpaired) electrons. The number of Topliss-reactive ketones (excluding diaryl/α,β-unsaturated/α-hetero) is 1. The number of alkyl halides is 1. The number of esters is 1. The second-order valence-corrected chi connectivity index (χ2v) is 7.99. The highest BCUT2D eigenvalue weighted by atomic mass is 35.5. The maximum absolute atomic E-state index is 13.2. The predicted molar refractivity (Wildman–Crippen MR) is 118 cm³/mol. The molecule has 1 aliphatic rings. The van der Waals surface area contributed by atoms with Crippen LogP contribution in [-0.4, -0.2) is 40.0 Å². The number of rotatable bonds is 7. The third-order valence-electron chi connectivity index (χ3n) is 4.97. The highest BCUT2D eigenvalue weighted by molar-refractivity contribution is 6.36. The van der Waals surface area contributed by atoms with Gasteiger partial charge in [-0.2, -0.15) is 0 Å². The number of likely N-dealkylation sites (tertiary alicyclic amines) is 1. The lowest BCUT2D eigenvalue weighted by molar-refractivity contribution is -0.155. The zero-order chi connectivity index (χ0) is 23.4. The molecule has 2 amide bonds. The van der Waals surface area contributed by atoms with Crippen molar-refractivity contribution < 1.29 is 23.9 Å². The van der Waals surface area contributed by atoms with E-state index < -0.39 is 41.2 Å². The van der Waals surface area contributed by atoms with Crippen LogP contribution in [0.25, 0.3) is 0 Å². The molecule has 0 aromatic heterocycles. The van der Waals surface area contributed by atoms with Gasteiger partial charge in [0.1, 0.15) is 17.2 Å². The van der Waals surface area contributed by atoms with Crippen LogP contribution in [0.5, 0.6) is 0 Å². The minimum atomic E-state index is -1.10. The van der Waals surface area contributed by atoms with E-state index in [9.17, 15) is 19.2 Å². The monoisotopic (exact) mass is 454 g/mol. The minimum absolute atomic E-state index is 0.000172. The number of ether oxygens (including phenoxy) is 1. The summed E-state index contributed by atoms with van der Waals surface area (Å²) in [5, 5.41) is 2.28. The van der Waals surface area contributed by atoms with Crippen LogP contribution >= 0.6 is 11.6 Å². The van der Waals surface area contributed by atoms with Crippen LogP contribution in [0, 0.1) is 0 Å². The Morgan fingerprint density at radius 2 is 1.44 bits per heavy atom. The molecule has 2 atom stereocenters. The molecule has 0 spiro atoms. The fourth-order valence-electron chi connectivity index (χ4n) is 3.35. The van der Waals surface area contributed by atoms with E-state index in [-0.39, 0.29) is 5.70 Å². The molecule has 2 aromatic carbocycles. The number of carbonyl (C=O) groups excluding carboxylic acids is 4. The van der Waals surface area contributed by atoms with Gasteiger partial charge in [-0.1, -0.05) is 72.3 Å². The maximum Gasteiger partial charge on any atom is 0.355 e. The molecule has 0 bridgehead atoms. The number of nitrogens with zero attached hydrogens (tertiary/aromatic N) is 1. The zero-order valence-electron chi connectivity index (χ0n) is 17.9. The van der Waals surface area contributed by atoms with Crippen LogP contribution in [0.15, 0.2) is 71.9 Å². The normalized spacial score (nSPS) is 17.4. The number of carbonyl (C=O) groups is 4. The zero-order valence-corrected chi connectivity index (χ0v) is 18.6. The summed E-state index contributed by atoms with van der Waals surface area (Å²) in [6.07, 6.45) is -0.697. The van der Waals surface area contributed by atoms with Crippen LogP contribution < -0.4 is 5.32 Å². The SMILES string of the molecule is CC(=O)C(=O)N[C@@H]1C(=O)N(C(C(=O)OC(c2ccccc2)c2ccccc2)=C(C)C)[C@H]1Cl. The van der Waals surface area contributed by atoms with Gasteiger partial charge < -0.3 is 10.1 Å². The van der Waals surface area contributed by atoms with E-state index in [2.05, 4.69) is 5.32 Å². The third kappa shape index (κ3) is 4.73. The van der Waals surface area contributed by atoms with Crippen LogP contribution in [0.1, 0.15) is 38.0 Å². The van der Waals surface area contributed by atoms with Crippen LogP contribution in [-0.2, 0) is 23.9 Å². The molecule has 0 aliphatic carbocycles. The highest BCUT2D eigenvalue weighted by Gasteiger charge is 2.51. The standard InChI is InChI=1S/C24H23ClN2O5/c1-14(2)19(27-21(25)18(23(27)30)26-22(29)15(3)28)24(31)32-20(16-10-6-4-7-11-16)17-12-8-5-9-13-17/h4-13,18,20-21H,1-3H3,(H,26,29)/t18-,21+/m0/s1. The second-order valence-electron chi connectivity index (χ2n) is 7.54. The van der Waals surface area contributed by atoms with Gasteiger partial charge in [-0.3, -0.25) is 19.3 Å². The summed E-state index contributed by atoms with van der Waals surface area (Å²) in [4.78, 5) is 49.8. The van der Waals surface area contributed by atoms with E-state index >= 15 is 0 Å². The minimum Gasteiger partial charge on any atom is -0.448 e. The number of halogens is 1. The number of ketones is 1. The van der Waals surface area contributed by atoms with E-state index in [1.165, 1.54) is 0 Å². The summed E-state index contributed by atoms with van der Waals surface area (Å²) in [7, 11) is 0. The van der Waals surface area contributed by atoms with E-state index in [1.807, 2.05) is 60.7 Å². The van der Waals surface area contributed by atoms with Crippen molar-refractivity contribution in [2.45, 2.75) is 38.4 Å². The van der Waals surface area contributed by atoms with Crippen molar-refractivity contribution in [1.29, 1.82) is 0 Å². The van der Waals surface area contributed by atoms with Gasteiger partial charge in [-0.25, -0.2) is 4.79 Å². The molecule has 0 saturated carbocycles. The van der Waals surface area contributed by atoms with Gasteiger partial charge in [0.05, 0.1) is 0 Å². The number of benzene rings is 2. The molecule has 3 rings (SSSR count). The Kier molecular flexibility index (Phi) is 7.10. The first kappa shape index (κ1) is 23.2. The average Bonchev–Trinajstić information content (AvgIpc) is 2.79. The van der Waals surface area contributed by atoms with Crippen molar-refractivity contribution in [2.75, 3.05) is 0 Å². The fourth-order valence-corrected chi connectivity index (χ4v) is 3.72. The molecule has 32 heavy (non-hydrogen) atoms. The molecular formula is C24H23ClN2O5. The molecule has 2 aromatic rings. The van der Waals surface area contributed by atoms with Gasteiger partial charge in [-0.05, 0) is 30.5 Å². The summed E-state index contributed by atoms with van der Waals surface area (Å²) in [5.74, 6) is -2.97. The van der Waals surface area contributed by atoms with Crippen molar-refractivity contribution in [3.05, 3.63) is 83.1 Å². The summed E-state index contributed by atoms with van der Waals surface area (Å²) in [5.41, 5.74) is 1.02.